The van der Waals surface area contributed by atoms with E-state index in [1.807, 2.05) is 38.1 Å². The third-order valence-corrected chi connectivity index (χ3v) is 2.79. The number of azo groups is 1. The molecule has 4 heteroatoms. The van der Waals surface area contributed by atoms with Crippen LogP contribution in [0.15, 0.2) is 46.6 Å². The molecule has 98 valence electrons. The Morgan fingerprint density at radius 3 is 2.26 bits per heavy atom. The fourth-order valence-corrected chi connectivity index (χ4v) is 1.75. The van der Waals surface area contributed by atoms with Crippen molar-refractivity contribution >= 4 is 11.4 Å². The zero-order chi connectivity index (χ0) is 13.8. The van der Waals surface area contributed by atoms with E-state index in [2.05, 4.69) is 10.2 Å². The topological polar surface area (TPSA) is 65.2 Å². The zero-order valence-electron chi connectivity index (χ0n) is 11.0. The Morgan fingerprint density at radius 1 is 0.947 bits per heavy atom. The summed E-state index contributed by atoms with van der Waals surface area (Å²) in [5, 5.41) is 27.2. The number of aliphatic hydroxyl groups excluding tert-OH is 1. The first-order chi connectivity index (χ1) is 9.10. The van der Waals surface area contributed by atoms with Gasteiger partial charge in [0.1, 0.15) is 11.4 Å². The lowest BCUT2D eigenvalue weighted by Crippen LogP contribution is -1.86. The molecule has 0 unspecified atom stereocenters. The third kappa shape index (κ3) is 3.17. The molecule has 2 aromatic carbocycles. The fraction of sp³-hybridized carbons (Fsp3) is 0.200. The Labute approximate surface area is 112 Å². The van der Waals surface area contributed by atoms with Crippen molar-refractivity contribution in [2.75, 3.05) is 0 Å². The molecule has 0 spiro atoms. The van der Waals surface area contributed by atoms with Crippen LogP contribution in [0.1, 0.15) is 16.7 Å². The molecule has 0 saturated carbocycles. The normalized spacial score (nSPS) is 11.1. The lowest BCUT2D eigenvalue weighted by molar-refractivity contribution is 0.275. The van der Waals surface area contributed by atoms with Crippen LogP contribution in [0.2, 0.25) is 0 Å². The molecule has 0 fully saturated rings. The molecule has 0 bridgehead atoms. The molecular weight excluding hydrogens is 240 g/mol. The number of nitrogens with zero attached hydrogens (tertiary/aromatic N) is 2. The van der Waals surface area contributed by atoms with Crippen LogP contribution < -0.4 is 0 Å². The van der Waals surface area contributed by atoms with Crippen molar-refractivity contribution in [2.45, 2.75) is 20.5 Å². The summed E-state index contributed by atoms with van der Waals surface area (Å²) in [4.78, 5) is 0. The van der Waals surface area contributed by atoms with Crippen LogP contribution in [-0.4, -0.2) is 10.2 Å². The van der Waals surface area contributed by atoms with Gasteiger partial charge in [0, 0.05) is 5.56 Å². The molecule has 0 aromatic heterocycles. The predicted octanol–water partition coefficient (Wildman–Crippen LogP) is 3.92. The Balaban J connectivity index is 2.32. The average Bonchev–Trinajstić information content (AvgIpc) is 2.41. The number of hydrogen-bond donors (Lipinski definition) is 2. The van der Waals surface area contributed by atoms with Crippen LogP contribution in [-0.2, 0) is 6.61 Å². The number of hydrogen-bond acceptors (Lipinski definition) is 4. The largest absolute Gasteiger partial charge is 0.505 e. The van der Waals surface area contributed by atoms with Crippen molar-refractivity contribution < 1.29 is 10.2 Å². The molecule has 0 aliphatic heterocycles. The van der Waals surface area contributed by atoms with Crippen molar-refractivity contribution in [1.29, 1.82) is 0 Å². The second-order valence-electron chi connectivity index (χ2n) is 4.49. The number of rotatable bonds is 3. The average molecular weight is 256 g/mol. The van der Waals surface area contributed by atoms with E-state index in [0.29, 0.717) is 11.3 Å². The molecule has 0 heterocycles. The first kappa shape index (κ1) is 13.2. The molecule has 0 atom stereocenters. The van der Waals surface area contributed by atoms with Crippen LogP contribution >= 0.6 is 0 Å². The van der Waals surface area contributed by atoms with Crippen molar-refractivity contribution in [3.8, 4) is 5.75 Å². The van der Waals surface area contributed by atoms with E-state index < -0.39 is 0 Å². The Kier molecular flexibility index (Phi) is 3.92. The summed E-state index contributed by atoms with van der Waals surface area (Å²) in [7, 11) is 0. The van der Waals surface area contributed by atoms with E-state index in [1.165, 1.54) is 0 Å². The van der Waals surface area contributed by atoms with E-state index >= 15 is 0 Å². The highest BCUT2D eigenvalue weighted by Crippen LogP contribution is 2.33. The Hall–Kier alpha value is -2.20. The summed E-state index contributed by atoms with van der Waals surface area (Å²) in [5.41, 5.74) is 3.61. The van der Waals surface area contributed by atoms with Crippen molar-refractivity contribution in [1.82, 2.24) is 0 Å². The quantitative estimate of drug-likeness (QED) is 0.817. The van der Waals surface area contributed by atoms with Crippen LogP contribution in [0.5, 0.6) is 5.75 Å². The maximum Gasteiger partial charge on any atom is 0.148 e. The summed E-state index contributed by atoms with van der Waals surface area (Å²) in [6.45, 7) is 3.66. The van der Waals surface area contributed by atoms with Gasteiger partial charge < -0.3 is 10.2 Å². The lowest BCUT2D eigenvalue weighted by atomic mass is 10.1. The SMILES string of the molecule is Cc1ccc(N=Nc2cc(C)cc(CO)c2O)cc1. The molecular formula is C15H16N2O2. The van der Waals surface area contributed by atoms with E-state index in [9.17, 15) is 5.11 Å². The van der Waals surface area contributed by atoms with Gasteiger partial charge in [-0.1, -0.05) is 17.7 Å². The van der Waals surface area contributed by atoms with Crippen molar-refractivity contribution in [3.05, 3.63) is 53.1 Å². The third-order valence-electron chi connectivity index (χ3n) is 2.79. The molecule has 0 saturated heterocycles. The summed E-state index contributed by atoms with van der Waals surface area (Å²) in [6.07, 6.45) is 0. The molecule has 4 nitrogen and oxygen atoms in total. The molecule has 2 aromatic rings. The van der Waals surface area contributed by atoms with Gasteiger partial charge in [-0.2, -0.15) is 5.11 Å². The van der Waals surface area contributed by atoms with E-state index in [4.69, 9.17) is 5.11 Å². The fourth-order valence-electron chi connectivity index (χ4n) is 1.75. The maximum absolute atomic E-state index is 9.92. The molecule has 19 heavy (non-hydrogen) atoms. The minimum Gasteiger partial charge on any atom is -0.505 e. The lowest BCUT2D eigenvalue weighted by Gasteiger charge is -2.05. The smallest absolute Gasteiger partial charge is 0.148 e. The first-order valence-corrected chi connectivity index (χ1v) is 6.02. The number of aliphatic hydroxyl groups is 1. The van der Waals surface area contributed by atoms with E-state index in [1.54, 1.807) is 12.1 Å². The second-order valence-corrected chi connectivity index (χ2v) is 4.49. The molecule has 0 radical (unpaired) electrons. The van der Waals surface area contributed by atoms with Gasteiger partial charge in [0.05, 0.1) is 12.3 Å². The highest BCUT2D eigenvalue weighted by molar-refractivity contribution is 5.57. The van der Waals surface area contributed by atoms with E-state index in [0.717, 1.165) is 16.8 Å². The van der Waals surface area contributed by atoms with Crippen LogP contribution in [0.3, 0.4) is 0 Å². The summed E-state index contributed by atoms with van der Waals surface area (Å²) in [5.74, 6) is -0.0241. The Bertz CT molecular complexity index is 604. The second kappa shape index (κ2) is 5.63. The zero-order valence-corrected chi connectivity index (χ0v) is 11.0. The predicted molar refractivity (Wildman–Crippen MR) is 74.1 cm³/mol. The van der Waals surface area contributed by atoms with Gasteiger partial charge in [0.25, 0.3) is 0 Å². The van der Waals surface area contributed by atoms with Gasteiger partial charge in [-0.25, -0.2) is 0 Å². The van der Waals surface area contributed by atoms with Gasteiger partial charge in [0.2, 0.25) is 0 Å². The molecule has 2 rings (SSSR count). The molecule has 0 aliphatic carbocycles. The van der Waals surface area contributed by atoms with Gasteiger partial charge in [-0.3, -0.25) is 0 Å². The van der Waals surface area contributed by atoms with Crippen LogP contribution in [0.25, 0.3) is 0 Å². The van der Waals surface area contributed by atoms with Crippen LogP contribution in [0, 0.1) is 13.8 Å². The summed E-state index contributed by atoms with van der Waals surface area (Å²) in [6, 6.07) is 11.1. The van der Waals surface area contributed by atoms with Gasteiger partial charge in [-0.05, 0) is 43.7 Å². The highest BCUT2D eigenvalue weighted by atomic mass is 16.3. The number of aromatic hydroxyl groups is 1. The minimum atomic E-state index is -0.222. The number of phenols is 1. The van der Waals surface area contributed by atoms with Gasteiger partial charge >= 0.3 is 0 Å². The maximum atomic E-state index is 9.92. The molecule has 0 amide bonds. The summed E-state index contributed by atoms with van der Waals surface area (Å²) >= 11 is 0. The standard InChI is InChI=1S/C15H16N2O2/c1-10-3-5-13(6-4-10)16-17-14-8-11(2)7-12(9-18)15(14)19/h3-8,18-19H,9H2,1-2H3. The van der Waals surface area contributed by atoms with Gasteiger partial charge in [0.15, 0.2) is 0 Å². The number of aryl methyl sites for hydroxylation is 2. The highest BCUT2D eigenvalue weighted by Gasteiger charge is 2.07. The molecule has 0 aliphatic rings. The molecule has 2 N–H and O–H groups in total. The number of benzene rings is 2. The Morgan fingerprint density at radius 2 is 1.63 bits per heavy atom. The first-order valence-electron chi connectivity index (χ1n) is 6.02. The van der Waals surface area contributed by atoms with E-state index in [-0.39, 0.29) is 12.4 Å². The minimum absolute atomic E-state index is 0.0241. The van der Waals surface area contributed by atoms with Crippen molar-refractivity contribution in [3.63, 3.8) is 0 Å². The van der Waals surface area contributed by atoms with Crippen molar-refractivity contribution in [2.24, 2.45) is 10.2 Å². The van der Waals surface area contributed by atoms with Gasteiger partial charge in [-0.15, -0.1) is 5.11 Å². The van der Waals surface area contributed by atoms with Crippen LogP contribution in [0.4, 0.5) is 11.4 Å². The monoisotopic (exact) mass is 256 g/mol. The summed E-state index contributed by atoms with van der Waals surface area (Å²) < 4.78 is 0.